The highest BCUT2D eigenvalue weighted by Gasteiger charge is 2.07. The zero-order chi connectivity index (χ0) is 12.3. The number of benzene rings is 1. The molecule has 1 aromatic heterocycles. The number of para-hydroxylation sites is 1. The van der Waals surface area contributed by atoms with Gasteiger partial charge in [-0.2, -0.15) is 0 Å². The van der Waals surface area contributed by atoms with Gasteiger partial charge in [-0.1, -0.05) is 23.7 Å². The lowest BCUT2D eigenvalue weighted by Crippen LogP contribution is -2.04. The van der Waals surface area contributed by atoms with Crippen LogP contribution in [0.15, 0.2) is 36.5 Å². The molecule has 0 amide bonds. The third kappa shape index (κ3) is 2.70. The third-order valence-corrected chi connectivity index (χ3v) is 2.32. The Kier molecular flexibility index (Phi) is 3.20. The van der Waals surface area contributed by atoms with Gasteiger partial charge in [0.15, 0.2) is 5.69 Å². The van der Waals surface area contributed by atoms with Crippen LogP contribution in [0.5, 0.6) is 0 Å². The molecule has 5 nitrogen and oxygen atoms in total. The molecule has 0 aliphatic carbocycles. The Morgan fingerprint density at radius 3 is 2.76 bits per heavy atom. The van der Waals surface area contributed by atoms with Gasteiger partial charge in [0.05, 0.1) is 10.7 Å². The van der Waals surface area contributed by atoms with Crippen molar-refractivity contribution >= 4 is 29.2 Å². The maximum atomic E-state index is 10.7. The maximum Gasteiger partial charge on any atom is 0.354 e. The Labute approximate surface area is 102 Å². The van der Waals surface area contributed by atoms with Gasteiger partial charge >= 0.3 is 5.97 Å². The van der Waals surface area contributed by atoms with Crippen LogP contribution in [0.25, 0.3) is 0 Å². The van der Waals surface area contributed by atoms with Crippen LogP contribution < -0.4 is 5.32 Å². The molecule has 0 saturated heterocycles. The van der Waals surface area contributed by atoms with E-state index < -0.39 is 5.97 Å². The van der Waals surface area contributed by atoms with E-state index in [1.165, 1.54) is 12.3 Å². The number of hydrogen-bond donors (Lipinski definition) is 2. The highest BCUT2D eigenvalue weighted by atomic mass is 35.5. The fourth-order valence-electron chi connectivity index (χ4n) is 1.22. The highest BCUT2D eigenvalue weighted by Crippen LogP contribution is 2.22. The van der Waals surface area contributed by atoms with Gasteiger partial charge in [0.1, 0.15) is 0 Å². The molecule has 86 valence electrons. The minimum atomic E-state index is -1.10. The molecule has 2 aromatic rings. The van der Waals surface area contributed by atoms with Crippen molar-refractivity contribution in [3.63, 3.8) is 0 Å². The predicted molar refractivity (Wildman–Crippen MR) is 63.7 cm³/mol. The first-order valence-corrected chi connectivity index (χ1v) is 5.12. The van der Waals surface area contributed by atoms with Crippen molar-refractivity contribution in [3.8, 4) is 0 Å². The molecule has 0 unspecified atom stereocenters. The van der Waals surface area contributed by atoms with E-state index in [1.807, 2.05) is 0 Å². The van der Waals surface area contributed by atoms with Crippen molar-refractivity contribution < 1.29 is 9.90 Å². The lowest BCUT2D eigenvalue weighted by Gasteiger charge is -2.06. The first-order valence-electron chi connectivity index (χ1n) is 4.75. The molecular weight excluding hydrogens is 242 g/mol. The third-order valence-electron chi connectivity index (χ3n) is 2.00. The Morgan fingerprint density at radius 2 is 2.06 bits per heavy atom. The molecule has 0 aliphatic heterocycles. The molecule has 0 bridgehead atoms. The van der Waals surface area contributed by atoms with E-state index >= 15 is 0 Å². The summed E-state index contributed by atoms with van der Waals surface area (Å²) in [6.45, 7) is 0. The fourth-order valence-corrected chi connectivity index (χ4v) is 1.40. The summed E-state index contributed by atoms with van der Waals surface area (Å²) in [7, 11) is 0. The molecule has 2 rings (SSSR count). The van der Waals surface area contributed by atoms with Gasteiger partial charge < -0.3 is 10.4 Å². The van der Waals surface area contributed by atoms with Crippen LogP contribution in [0.3, 0.4) is 0 Å². The number of carbonyl (C=O) groups is 1. The van der Waals surface area contributed by atoms with E-state index in [0.29, 0.717) is 10.7 Å². The molecule has 17 heavy (non-hydrogen) atoms. The SMILES string of the molecule is O=C(O)c1ccnc(Nc2ccccc2Cl)n1. The molecule has 1 heterocycles. The first kappa shape index (κ1) is 11.3. The second-order valence-corrected chi connectivity index (χ2v) is 3.58. The second kappa shape index (κ2) is 4.80. The number of aromatic carboxylic acids is 1. The number of hydrogen-bond acceptors (Lipinski definition) is 4. The van der Waals surface area contributed by atoms with Crippen molar-refractivity contribution in [2.75, 3.05) is 5.32 Å². The molecule has 0 radical (unpaired) electrons. The summed E-state index contributed by atoms with van der Waals surface area (Å²) in [5, 5.41) is 12.1. The summed E-state index contributed by atoms with van der Waals surface area (Å²) in [5.74, 6) is -0.910. The minimum absolute atomic E-state index is 0.0745. The van der Waals surface area contributed by atoms with Crippen LogP contribution in [0.2, 0.25) is 5.02 Å². The summed E-state index contributed by atoms with van der Waals surface area (Å²) in [5.41, 5.74) is 0.547. The summed E-state index contributed by atoms with van der Waals surface area (Å²) in [4.78, 5) is 18.5. The molecule has 0 atom stereocenters. The van der Waals surface area contributed by atoms with E-state index in [9.17, 15) is 4.79 Å². The Balaban J connectivity index is 2.28. The molecular formula is C11H8ClN3O2. The molecule has 0 fully saturated rings. The van der Waals surface area contributed by atoms with Crippen LogP contribution in [0, 0.1) is 0 Å². The molecule has 0 aliphatic rings. The Bertz CT molecular complexity index is 560. The smallest absolute Gasteiger partial charge is 0.354 e. The van der Waals surface area contributed by atoms with Crippen molar-refractivity contribution in [2.45, 2.75) is 0 Å². The fraction of sp³-hybridized carbons (Fsp3) is 0. The van der Waals surface area contributed by atoms with E-state index in [-0.39, 0.29) is 11.6 Å². The number of carboxylic acid groups (broad SMARTS) is 1. The Hall–Kier alpha value is -2.14. The lowest BCUT2D eigenvalue weighted by molar-refractivity contribution is 0.0690. The van der Waals surface area contributed by atoms with Gasteiger partial charge in [-0.15, -0.1) is 0 Å². The van der Waals surface area contributed by atoms with E-state index in [4.69, 9.17) is 16.7 Å². The van der Waals surface area contributed by atoms with Crippen LogP contribution in [-0.2, 0) is 0 Å². The van der Waals surface area contributed by atoms with Crippen LogP contribution >= 0.6 is 11.6 Å². The molecule has 1 aromatic carbocycles. The van der Waals surface area contributed by atoms with E-state index in [2.05, 4.69) is 15.3 Å². The van der Waals surface area contributed by atoms with E-state index in [0.717, 1.165) is 0 Å². The number of nitrogens with one attached hydrogen (secondary N) is 1. The summed E-state index contributed by atoms with van der Waals surface area (Å²) in [6, 6.07) is 8.38. The summed E-state index contributed by atoms with van der Waals surface area (Å²) in [6.07, 6.45) is 1.37. The molecule has 2 N–H and O–H groups in total. The van der Waals surface area contributed by atoms with Gasteiger partial charge in [0.2, 0.25) is 5.95 Å². The zero-order valence-electron chi connectivity index (χ0n) is 8.59. The number of halogens is 1. The number of aromatic nitrogens is 2. The topological polar surface area (TPSA) is 75.1 Å². The quantitative estimate of drug-likeness (QED) is 0.874. The number of carboxylic acids is 1. The van der Waals surface area contributed by atoms with Crippen molar-refractivity contribution in [3.05, 3.63) is 47.2 Å². The summed E-state index contributed by atoms with van der Waals surface area (Å²) >= 11 is 5.94. The standard InChI is InChI=1S/C11H8ClN3O2/c12-7-3-1-2-4-8(7)14-11-13-6-5-9(15-11)10(16)17/h1-6H,(H,16,17)(H,13,14,15). The highest BCUT2D eigenvalue weighted by molar-refractivity contribution is 6.33. The average molecular weight is 250 g/mol. The molecule has 6 heteroatoms. The van der Waals surface area contributed by atoms with Crippen molar-refractivity contribution in [1.29, 1.82) is 0 Å². The van der Waals surface area contributed by atoms with E-state index in [1.54, 1.807) is 24.3 Å². The lowest BCUT2D eigenvalue weighted by atomic mass is 10.3. The van der Waals surface area contributed by atoms with Gasteiger partial charge in [0.25, 0.3) is 0 Å². The van der Waals surface area contributed by atoms with Gasteiger partial charge in [-0.05, 0) is 18.2 Å². The van der Waals surface area contributed by atoms with Crippen molar-refractivity contribution in [1.82, 2.24) is 9.97 Å². The molecule has 0 saturated carbocycles. The maximum absolute atomic E-state index is 10.7. The van der Waals surface area contributed by atoms with Crippen LogP contribution in [0.4, 0.5) is 11.6 Å². The van der Waals surface area contributed by atoms with Gasteiger partial charge in [-0.3, -0.25) is 0 Å². The number of rotatable bonds is 3. The summed E-state index contributed by atoms with van der Waals surface area (Å²) < 4.78 is 0. The van der Waals surface area contributed by atoms with Crippen molar-refractivity contribution in [2.24, 2.45) is 0 Å². The zero-order valence-corrected chi connectivity index (χ0v) is 9.35. The minimum Gasteiger partial charge on any atom is -0.477 e. The predicted octanol–water partition coefficient (Wildman–Crippen LogP) is 2.57. The Morgan fingerprint density at radius 1 is 1.29 bits per heavy atom. The number of nitrogens with zero attached hydrogens (tertiary/aromatic N) is 2. The van der Waals surface area contributed by atoms with Crippen LogP contribution in [-0.4, -0.2) is 21.0 Å². The average Bonchev–Trinajstić information content (AvgIpc) is 2.32. The molecule has 0 spiro atoms. The first-order chi connectivity index (χ1) is 8.16. The monoisotopic (exact) mass is 249 g/mol. The van der Waals surface area contributed by atoms with Gasteiger partial charge in [0, 0.05) is 6.20 Å². The second-order valence-electron chi connectivity index (χ2n) is 3.18. The number of anilines is 2. The van der Waals surface area contributed by atoms with Gasteiger partial charge in [-0.25, -0.2) is 14.8 Å². The van der Waals surface area contributed by atoms with Crippen LogP contribution in [0.1, 0.15) is 10.5 Å². The normalized spacial score (nSPS) is 9.94. The largest absolute Gasteiger partial charge is 0.477 e.